The third kappa shape index (κ3) is 4.29. The van der Waals surface area contributed by atoms with E-state index in [0.29, 0.717) is 16.8 Å². The number of rotatable bonds is 4. The van der Waals surface area contributed by atoms with Crippen LogP contribution in [0.15, 0.2) is 33.6 Å². The van der Waals surface area contributed by atoms with E-state index in [-0.39, 0.29) is 23.8 Å². The fourth-order valence-corrected chi connectivity index (χ4v) is 5.10. The molecule has 2 aliphatic heterocycles. The Labute approximate surface area is 187 Å². The standard InChI is InChI=1S/C22H25F3N6O2/c1-30(16-6-4-10-31-9-3-2-5-17(16)31)19-14(22(23,24)25)12-26-20(29-19)27-13-7-8-18-15(11-13)28-21(32)33-18/h7-8,11-12,16-17H,2-6,9-10H2,1H3,(H,28,32)(H,26,27,29)/t16-,17+/m0/s1. The lowest BCUT2D eigenvalue weighted by molar-refractivity contribution is -0.137. The van der Waals surface area contributed by atoms with Crippen LogP contribution in [0, 0.1) is 0 Å². The number of nitrogens with one attached hydrogen (secondary N) is 2. The number of anilines is 3. The average Bonchev–Trinajstić information content (AvgIpc) is 3.16. The second-order valence-corrected chi connectivity index (χ2v) is 8.70. The zero-order chi connectivity index (χ0) is 23.2. The Morgan fingerprint density at radius 1 is 1.21 bits per heavy atom. The molecule has 5 rings (SSSR count). The van der Waals surface area contributed by atoms with Crippen LogP contribution in [0.2, 0.25) is 0 Å². The third-order valence-electron chi connectivity index (χ3n) is 6.63. The molecule has 0 aliphatic carbocycles. The number of hydrogen-bond acceptors (Lipinski definition) is 7. The molecule has 2 saturated heterocycles. The first-order valence-corrected chi connectivity index (χ1v) is 11.1. The molecule has 1 aromatic carbocycles. The Hall–Kier alpha value is -3.08. The van der Waals surface area contributed by atoms with Gasteiger partial charge in [0.15, 0.2) is 5.58 Å². The van der Waals surface area contributed by atoms with Crippen molar-refractivity contribution in [3.8, 4) is 0 Å². The zero-order valence-electron chi connectivity index (χ0n) is 18.2. The fourth-order valence-electron chi connectivity index (χ4n) is 5.10. The van der Waals surface area contributed by atoms with Crippen LogP contribution in [0.3, 0.4) is 0 Å². The second-order valence-electron chi connectivity index (χ2n) is 8.70. The van der Waals surface area contributed by atoms with Crippen molar-refractivity contribution in [2.75, 3.05) is 30.4 Å². The number of piperidine rings is 2. The molecule has 3 aromatic rings. The molecule has 176 valence electrons. The van der Waals surface area contributed by atoms with E-state index in [1.54, 1.807) is 30.1 Å². The topological polar surface area (TPSA) is 90.3 Å². The van der Waals surface area contributed by atoms with Crippen molar-refractivity contribution in [3.05, 3.63) is 40.5 Å². The Balaban J connectivity index is 1.48. The van der Waals surface area contributed by atoms with E-state index in [1.807, 2.05) is 0 Å². The van der Waals surface area contributed by atoms with Gasteiger partial charge in [0.2, 0.25) is 5.95 Å². The summed E-state index contributed by atoms with van der Waals surface area (Å²) in [4.78, 5) is 26.2. The van der Waals surface area contributed by atoms with Crippen LogP contribution in [0.1, 0.15) is 37.7 Å². The van der Waals surface area contributed by atoms with Crippen molar-refractivity contribution >= 4 is 28.6 Å². The fraction of sp³-hybridized carbons (Fsp3) is 0.500. The first-order valence-electron chi connectivity index (χ1n) is 11.1. The second kappa shape index (κ2) is 8.36. The molecular weight excluding hydrogens is 437 g/mol. The lowest BCUT2D eigenvalue weighted by Crippen LogP contribution is -2.56. The van der Waals surface area contributed by atoms with Crippen molar-refractivity contribution < 1.29 is 17.6 Å². The van der Waals surface area contributed by atoms with Crippen molar-refractivity contribution in [2.45, 2.75) is 50.4 Å². The molecule has 8 nitrogen and oxygen atoms in total. The Morgan fingerprint density at radius 3 is 2.85 bits per heavy atom. The van der Waals surface area contributed by atoms with Gasteiger partial charge in [-0.05, 0) is 57.0 Å². The number of benzene rings is 1. The normalized spacial score (nSPS) is 21.7. The van der Waals surface area contributed by atoms with E-state index in [2.05, 4.69) is 25.2 Å². The summed E-state index contributed by atoms with van der Waals surface area (Å²) in [5.41, 5.74) is 0.518. The number of aromatic amines is 1. The molecule has 2 atom stereocenters. The Kier molecular flexibility index (Phi) is 5.51. The number of likely N-dealkylation sites (N-methyl/N-ethyl adjacent to an activating group) is 1. The quantitative estimate of drug-likeness (QED) is 0.603. The molecular formula is C22H25F3N6O2. The summed E-state index contributed by atoms with van der Waals surface area (Å²) in [5.74, 6) is -0.664. The van der Waals surface area contributed by atoms with Gasteiger partial charge in [-0.15, -0.1) is 0 Å². The third-order valence-corrected chi connectivity index (χ3v) is 6.63. The molecule has 2 fully saturated rings. The van der Waals surface area contributed by atoms with Crippen LogP contribution >= 0.6 is 0 Å². The lowest BCUT2D eigenvalue weighted by Gasteiger charge is -2.48. The van der Waals surface area contributed by atoms with Crippen LogP contribution in [0.4, 0.5) is 30.6 Å². The molecule has 4 heterocycles. The molecule has 0 amide bonds. The monoisotopic (exact) mass is 462 g/mol. The van der Waals surface area contributed by atoms with Crippen LogP contribution in [0.25, 0.3) is 11.1 Å². The molecule has 33 heavy (non-hydrogen) atoms. The summed E-state index contributed by atoms with van der Waals surface area (Å²) in [6.45, 7) is 1.99. The number of alkyl halides is 3. The highest BCUT2D eigenvalue weighted by Crippen LogP contribution is 2.38. The number of oxazole rings is 1. The summed E-state index contributed by atoms with van der Waals surface area (Å²) in [5, 5.41) is 2.95. The zero-order valence-corrected chi connectivity index (χ0v) is 18.2. The Morgan fingerprint density at radius 2 is 2.03 bits per heavy atom. The minimum atomic E-state index is -4.57. The number of H-pyrrole nitrogens is 1. The van der Waals surface area contributed by atoms with E-state index in [9.17, 15) is 18.0 Å². The smallest absolute Gasteiger partial charge is 0.408 e. The molecule has 0 bridgehead atoms. The van der Waals surface area contributed by atoms with E-state index in [4.69, 9.17) is 4.42 Å². The highest BCUT2D eigenvalue weighted by molar-refractivity contribution is 5.78. The van der Waals surface area contributed by atoms with Crippen molar-refractivity contribution in [1.29, 1.82) is 0 Å². The minimum absolute atomic E-state index is 0.0461. The lowest BCUT2D eigenvalue weighted by atomic mass is 9.88. The van der Waals surface area contributed by atoms with Gasteiger partial charge in [-0.3, -0.25) is 9.88 Å². The Bertz CT molecular complexity index is 1200. The van der Waals surface area contributed by atoms with Gasteiger partial charge < -0.3 is 14.6 Å². The first kappa shape index (κ1) is 21.7. The number of halogens is 3. The molecule has 0 spiro atoms. The maximum atomic E-state index is 13.9. The molecule has 2 N–H and O–H groups in total. The van der Waals surface area contributed by atoms with Gasteiger partial charge in [0.05, 0.1) is 5.52 Å². The summed E-state index contributed by atoms with van der Waals surface area (Å²) >= 11 is 0. The van der Waals surface area contributed by atoms with Crippen molar-refractivity contribution in [2.24, 2.45) is 0 Å². The van der Waals surface area contributed by atoms with E-state index in [0.717, 1.165) is 51.4 Å². The average molecular weight is 462 g/mol. The maximum Gasteiger partial charge on any atom is 0.421 e. The van der Waals surface area contributed by atoms with Crippen LogP contribution in [0.5, 0.6) is 0 Å². The predicted molar refractivity (Wildman–Crippen MR) is 118 cm³/mol. The van der Waals surface area contributed by atoms with Gasteiger partial charge in [0.25, 0.3) is 0 Å². The van der Waals surface area contributed by atoms with Crippen LogP contribution in [-0.2, 0) is 6.18 Å². The summed E-state index contributed by atoms with van der Waals surface area (Å²) < 4.78 is 46.6. The van der Waals surface area contributed by atoms with Gasteiger partial charge in [0.1, 0.15) is 11.4 Å². The molecule has 0 radical (unpaired) electrons. The summed E-state index contributed by atoms with van der Waals surface area (Å²) in [6, 6.07) is 5.03. The highest BCUT2D eigenvalue weighted by Gasteiger charge is 2.41. The van der Waals surface area contributed by atoms with E-state index >= 15 is 0 Å². The molecule has 11 heteroatoms. The van der Waals surface area contributed by atoms with Crippen LogP contribution < -0.4 is 16.0 Å². The number of fused-ring (bicyclic) bond motifs is 2. The predicted octanol–water partition coefficient (Wildman–Crippen LogP) is 4.13. The summed E-state index contributed by atoms with van der Waals surface area (Å²) in [7, 11) is 1.70. The van der Waals surface area contributed by atoms with Crippen molar-refractivity contribution in [1.82, 2.24) is 19.9 Å². The van der Waals surface area contributed by atoms with Gasteiger partial charge in [-0.25, -0.2) is 9.78 Å². The van der Waals surface area contributed by atoms with Gasteiger partial charge >= 0.3 is 11.9 Å². The number of aromatic nitrogens is 3. The van der Waals surface area contributed by atoms with Gasteiger partial charge in [-0.1, -0.05) is 6.42 Å². The molecule has 0 unspecified atom stereocenters. The SMILES string of the molecule is CN(c1nc(Nc2ccc3oc(=O)[nH]c3c2)ncc1C(F)(F)F)[C@H]1CCCN2CCCC[C@H]12. The summed E-state index contributed by atoms with van der Waals surface area (Å²) in [6.07, 6.45) is 1.24. The van der Waals surface area contributed by atoms with E-state index < -0.39 is 17.5 Å². The van der Waals surface area contributed by atoms with Crippen molar-refractivity contribution in [3.63, 3.8) is 0 Å². The number of hydrogen-bond donors (Lipinski definition) is 2. The molecule has 0 saturated carbocycles. The maximum absolute atomic E-state index is 13.9. The van der Waals surface area contributed by atoms with Crippen LogP contribution in [-0.4, -0.2) is 52.1 Å². The van der Waals surface area contributed by atoms with Gasteiger partial charge in [-0.2, -0.15) is 18.2 Å². The van der Waals surface area contributed by atoms with Gasteiger partial charge in [0, 0.05) is 31.0 Å². The van der Waals surface area contributed by atoms with E-state index in [1.165, 1.54) is 0 Å². The largest absolute Gasteiger partial charge is 0.421 e. The molecule has 2 aliphatic rings. The first-order chi connectivity index (χ1) is 15.8. The molecule has 2 aromatic heterocycles. The highest BCUT2D eigenvalue weighted by atomic mass is 19.4. The minimum Gasteiger partial charge on any atom is -0.408 e. The number of nitrogens with zero attached hydrogens (tertiary/aromatic N) is 4.